The van der Waals surface area contributed by atoms with E-state index in [0.29, 0.717) is 29.9 Å². The number of nitrogens with zero attached hydrogens (tertiary/aromatic N) is 1. The molecule has 5 heteroatoms. The molecule has 1 N–H and O–H groups in total. The van der Waals surface area contributed by atoms with Gasteiger partial charge >= 0.3 is 0 Å². The van der Waals surface area contributed by atoms with Crippen molar-refractivity contribution in [2.45, 2.75) is 44.6 Å². The minimum atomic E-state index is -3.38. The van der Waals surface area contributed by atoms with Gasteiger partial charge in [0.1, 0.15) is 0 Å². The van der Waals surface area contributed by atoms with E-state index in [9.17, 15) is 8.42 Å². The summed E-state index contributed by atoms with van der Waals surface area (Å²) in [6, 6.07) is 4.25. The van der Waals surface area contributed by atoms with Crippen LogP contribution in [0.15, 0.2) is 17.0 Å². The fraction of sp³-hybridized carbons (Fsp3) is 0.625. The maximum atomic E-state index is 13.0. The Labute approximate surface area is 127 Å². The molecule has 2 fully saturated rings. The molecule has 1 aromatic carbocycles. The monoisotopic (exact) mass is 308 g/mol. The van der Waals surface area contributed by atoms with Gasteiger partial charge in [-0.2, -0.15) is 4.31 Å². The van der Waals surface area contributed by atoms with Crippen LogP contribution in [0.5, 0.6) is 0 Å². The molecule has 4 nitrogen and oxygen atoms in total. The minimum Gasteiger partial charge on any atom is -0.312 e. The summed E-state index contributed by atoms with van der Waals surface area (Å²) in [4.78, 5) is 0.506. The molecule has 2 aliphatic rings. The Hall–Kier alpha value is -0.910. The van der Waals surface area contributed by atoms with E-state index in [-0.39, 0.29) is 0 Å². The SMILES string of the molecule is Cc1cc(C)c(S(=O)(=O)N2C[C@@H]3CCCN[C@@H]3C2)c(C)c1. The predicted molar refractivity (Wildman–Crippen MR) is 83.9 cm³/mol. The topological polar surface area (TPSA) is 49.4 Å². The van der Waals surface area contributed by atoms with Crippen LogP contribution in [0.2, 0.25) is 0 Å². The van der Waals surface area contributed by atoms with Crippen LogP contribution in [0.1, 0.15) is 29.5 Å². The standard InChI is InChI=1S/C16H24N2O2S/c1-11-7-12(2)16(13(3)8-11)21(19,20)18-9-14-5-4-6-17-15(14)10-18/h7-8,14-15,17H,4-6,9-10H2,1-3H3/t14-,15+/m0/s1. The van der Waals surface area contributed by atoms with Gasteiger partial charge in [-0.05, 0) is 57.2 Å². The Morgan fingerprint density at radius 2 is 1.81 bits per heavy atom. The second kappa shape index (κ2) is 5.38. The number of hydrogen-bond acceptors (Lipinski definition) is 3. The highest BCUT2D eigenvalue weighted by Crippen LogP contribution is 2.32. The molecule has 0 bridgehead atoms. The molecule has 0 unspecified atom stereocenters. The summed E-state index contributed by atoms with van der Waals surface area (Å²) in [5, 5.41) is 3.47. The van der Waals surface area contributed by atoms with Crippen molar-refractivity contribution in [2.75, 3.05) is 19.6 Å². The van der Waals surface area contributed by atoms with Crippen molar-refractivity contribution in [1.29, 1.82) is 0 Å². The van der Waals surface area contributed by atoms with Crippen LogP contribution in [-0.2, 0) is 10.0 Å². The number of fused-ring (bicyclic) bond motifs is 1. The highest BCUT2D eigenvalue weighted by Gasteiger charge is 2.40. The van der Waals surface area contributed by atoms with E-state index < -0.39 is 10.0 Å². The molecule has 116 valence electrons. The molecule has 0 saturated carbocycles. The number of nitrogens with one attached hydrogen (secondary N) is 1. The van der Waals surface area contributed by atoms with Crippen molar-refractivity contribution in [3.05, 3.63) is 28.8 Å². The van der Waals surface area contributed by atoms with E-state index in [1.165, 1.54) is 0 Å². The van der Waals surface area contributed by atoms with Gasteiger partial charge in [0.25, 0.3) is 0 Å². The first-order chi connectivity index (χ1) is 9.89. The lowest BCUT2D eigenvalue weighted by molar-refractivity contribution is 0.339. The number of rotatable bonds is 2. The molecule has 1 aromatic rings. The Balaban J connectivity index is 1.95. The summed E-state index contributed by atoms with van der Waals surface area (Å²) < 4.78 is 27.7. The van der Waals surface area contributed by atoms with Crippen molar-refractivity contribution in [2.24, 2.45) is 5.92 Å². The maximum Gasteiger partial charge on any atom is 0.243 e. The van der Waals surface area contributed by atoms with E-state index in [4.69, 9.17) is 0 Å². The number of piperidine rings is 1. The van der Waals surface area contributed by atoms with E-state index in [1.54, 1.807) is 4.31 Å². The van der Waals surface area contributed by atoms with Gasteiger partial charge < -0.3 is 5.32 Å². The third-order valence-electron chi connectivity index (χ3n) is 4.77. The summed E-state index contributed by atoms with van der Waals surface area (Å²) in [5.41, 5.74) is 2.83. The zero-order valence-electron chi connectivity index (χ0n) is 13.0. The fourth-order valence-electron chi connectivity index (χ4n) is 3.91. The van der Waals surface area contributed by atoms with Crippen molar-refractivity contribution in [1.82, 2.24) is 9.62 Å². The summed E-state index contributed by atoms with van der Waals surface area (Å²) in [6.45, 7) is 8.08. The molecule has 2 saturated heterocycles. The minimum absolute atomic E-state index is 0.333. The van der Waals surface area contributed by atoms with Gasteiger partial charge in [0.15, 0.2) is 0 Å². The lowest BCUT2D eigenvalue weighted by Crippen LogP contribution is -2.41. The molecule has 0 aromatic heterocycles. The van der Waals surface area contributed by atoms with Crippen LogP contribution < -0.4 is 5.32 Å². The summed E-state index contributed by atoms with van der Waals surface area (Å²) >= 11 is 0. The number of hydrogen-bond donors (Lipinski definition) is 1. The molecule has 2 aliphatic heterocycles. The van der Waals surface area contributed by atoms with Crippen LogP contribution in [0.25, 0.3) is 0 Å². The number of sulfonamides is 1. The highest BCUT2D eigenvalue weighted by molar-refractivity contribution is 7.89. The highest BCUT2D eigenvalue weighted by atomic mass is 32.2. The second-order valence-corrected chi connectivity index (χ2v) is 8.39. The normalized spacial score (nSPS) is 26.8. The fourth-order valence-corrected chi connectivity index (χ4v) is 5.84. The van der Waals surface area contributed by atoms with Crippen molar-refractivity contribution < 1.29 is 8.42 Å². The number of aryl methyl sites for hydroxylation is 3. The van der Waals surface area contributed by atoms with Gasteiger partial charge in [0, 0.05) is 19.1 Å². The van der Waals surface area contributed by atoms with Crippen molar-refractivity contribution in [3.8, 4) is 0 Å². The maximum absolute atomic E-state index is 13.0. The van der Waals surface area contributed by atoms with E-state index >= 15 is 0 Å². The van der Waals surface area contributed by atoms with Gasteiger partial charge in [-0.1, -0.05) is 17.7 Å². The Bertz CT molecular complexity index is 617. The first kappa shape index (κ1) is 15.0. The Morgan fingerprint density at radius 3 is 2.43 bits per heavy atom. The summed E-state index contributed by atoms with van der Waals surface area (Å²) in [6.07, 6.45) is 2.28. The number of benzene rings is 1. The first-order valence-corrected chi connectivity index (χ1v) is 9.15. The third kappa shape index (κ3) is 2.62. The van der Waals surface area contributed by atoms with Gasteiger partial charge in [-0.3, -0.25) is 0 Å². The third-order valence-corrected chi connectivity index (χ3v) is 6.91. The van der Waals surface area contributed by atoms with Crippen LogP contribution in [0, 0.1) is 26.7 Å². The lowest BCUT2D eigenvalue weighted by Gasteiger charge is -2.24. The van der Waals surface area contributed by atoms with E-state index in [1.807, 2.05) is 32.9 Å². The lowest BCUT2D eigenvalue weighted by atomic mass is 9.94. The first-order valence-electron chi connectivity index (χ1n) is 7.71. The van der Waals surface area contributed by atoms with E-state index in [2.05, 4.69) is 5.32 Å². The molecular weight excluding hydrogens is 284 g/mol. The molecule has 2 atom stereocenters. The zero-order valence-corrected chi connectivity index (χ0v) is 13.8. The molecule has 21 heavy (non-hydrogen) atoms. The van der Waals surface area contributed by atoms with Crippen LogP contribution in [0.3, 0.4) is 0 Å². The van der Waals surface area contributed by atoms with E-state index in [0.717, 1.165) is 36.1 Å². The Morgan fingerprint density at radius 1 is 1.14 bits per heavy atom. The largest absolute Gasteiger partial charge is 0.312 e. The van der Waals surface area contributed by atoms with Gasteiger partial charge in [-0.15, -0.1) is 0 Å². The summed E-state index contributed by atoms with van der Waals surface area (Å²) in [5.74, 6) is 0.472. The van der Waals surface area contributed by atoms with Crippen LogP contribution in [-0.4, -0.2) is 38.4 Å². The van der Waals surface area contributed by atoms with Crippen molar-refractivity contribution in [3.63, 3.8) is 0 Å². The van der Waals surface area contributed by atoms with Crippen LogP contribution >= 0.6 is 0 Å². The Kier molecular flexibility index (Phi) is 3.84. The van der Waals surface area contributed by atoms with Gasteiger partial charge in [0.05, 0.1) is 4.90 Å². The second-order valence-electron chi connectivity index (χ2n) is 6.51. The predicted octanol–water partition coefficient (Wildman–Crippen LogP) is 1.98. The van der Waals surface area contributed by atoms with Gasteiger partial charge in [-0.25, -0.2) is 8.42 Å². The molecule has 3 rings (SSSR count). The van der Waals surface area contributed by atoms with Gasteiger partial charge in [0.2, 0.25) is 10.0 Å². The average molecular weight is 308 g/mol. The zero-order chi connectivity index (χ0) is 15.2. The van der Waals surface area contributed by atoms with Crippen molar-refractivity contribution >= 4 is 10.0 Å². The molecule has 0 spiro atoms. The molecule has 2 heterocycles. The summed E-state index contributed by atoms with van der Waals surface area (Å²) in [7, 11) is -3.38. The quantitative estimate of drug-likeness (QED) is 0.909. The smallest absolute Gasteiger partial charge is 0.243 e. The average Bonchev–Trinajstić information content (AvgIpc) is 2.81. The molecule has 0 radical (unpaired) electrons. The molecule has 0 amide bonds. The van der Waals surface area contributed by atoms with Crippen LogP contribution in [0.4, 0.5) is 0 Å². The molecular formula is C16H24N2O2S. The molecule has 0 aliphatic carbocycles.